The van der Waals surface area contributed by atoms with E-state index >= 15 is 0 Å². The van der Waals surface area contributed by atoms with E-state index in [0.717, 1.165) is 5.56 Å². The van der Waals surface area contributed by atoms with E-state index < -0.39 is 0 Å². The second-order valence-electron chi connectivity index (χ2n) is 4.17. The number of benzene rings is 1. The Hall–Kier alpha value is -1.17. The third kappa shape index (κ3) is 2.94. The standard InChI is InChI=1S/C12H16FNO3/c13-9-1-2-12-8(3-9)4-11(17-12)5-14-10(6-15)7-16/h1-3,10-11,14-16H,4-7H2. The van der Waals surface area contributed by atoms with E-state index in [1.165, 1.54) is 12.1 Å². The number of fused-ring (bicyclic) bond motifs is 1. The Morgan fingerprint density at radius 3 is 2.88 bits per heavy atom. The van der Waals surface area contributed by atoms with Gasteiger partial charge in [0.25, 0.3) is 0 Å². The molecule has 0 fully saturated rings. The van der Waals surface area contributed by atoms with Crippen molar-refractivity contribution in [3.8, 4) is 5.75 Å². The zero-order valence-corrected chi connectivity index (χ0v) is 9.40. The molecule has 0 saturated heterocycles. The van der Waals surface area contributed by atoms with E-state index in [1.54, 1.807) is 6.07 Å². The number of ether oxygens (including phenoxy) is 1. The van der Waals surface area contributed by atoms with Crippen LogP contribution in [0, 0.1) is 5.82 Å². The molecule has 1 aliphatic rings. The van der Waals surface area contributed by atoms with Gasteiger partial charge >= 0.3 is 0 Å². The Kier molecular flexibility index (Phi) is 3.93. The Labute approximate surface area is 99.0 Å². The van der Waals surface area contributed by atoms with Crippen LogP contribution in [0.5, 0.6) is 5.75 Å². The average Bonchev–Trinajstić information content (AvgIpc) is 2.72. The van der Waals surface area contributed by atoms with Crippen molar-refractivity contribution < 1.29 is 19.3 Å². The van der Waals surface area contributed by atoms with Crippen LogP contribution in [0.15, 0.2) is 18.2 Å². The molecule has 1 heterocycles. The van der Waals surface area contributed by atoms with Gasteiger partial charge in [0, 0.05) is 18.5 Å². The summed E-state index contributed by atoms with van der Waals surface area (Å²) in [5.74, 6) is 0.451. The van der Waals surface area contributed by atoms with Crippen molar-refractivity contribution in [3.05, 3.63) is 29.6 Å². The monoisotopic (exact) mass is 241 g/mol. The van der Waals surface area contributed by atoms with E-state index in [-0.39, 0.29) is 31.2 Å². The maximum atomic E-state index is 13.0. The van der Waals surface area contributed by atoms with Gasteiger partial charge in [-0.25, -0.2) is 4.39 Å². The molecule has 4 nitrogen and oxygen atoms in total. The van der Waals surface area contributed by atoms with Crippen LogP contribution in [-0.4, -0.2) is 42.1 Å². The van der Waals surface area contributed by atoms with Crippen molar-refractivity contribution in [2.24, 2.45) is 0 Å². The Bertz CT molecular complexity index is 382. The Balaban J connectivity index is 1.88. The van der Waals surface area contributed by atoms with Crippen LogP contribution in [0.3, 0.4) is 0 Å². The number of hydrogen-bond acceptors (Lipinski definition) is 4. The largest absolute Gasteiger partial charge is 0.488 e. The maximum absolute atomic E-state index is 13.0. The van der Waals surface area contributed by atoms with Crippen molar-refractivity contribution in [1.29, 1.82) is 0 Å². The number of halogens is 1. The lowest BCUT2D eigenvalue weighted by Crippen LogP contribution is -2.41. The Morgan fingerprint density at radius 2 is 2.18 bits per heavy atom. The van der Waals surface area contributed by atoms with Crippen LogP contribution in [0.2, 0.25) is 0 Å². The molecule has 0 radical (unpaired) electrons. The number of nitrogens with one attached hydrogen (secondary N) is 1. The summed E-state index contributed by atoms with van der Waals surface area (Å²) in [5, 5.41) is 20.8. The summed E-state index contributed by atoms with van der Waals surface area (Å²) in [6.07, 6.45) is 0.566. The fourth-order valence-corrected chi connectivity index (χ4v) is 1.89. The highest BCUT2D eigenvalue weighted by atomic mass is 19.1. The van der Waals surface area contributed by atoms with Crippen molar-refractivity contribution >= 4 is 0 Å². The van der Waals surface area contributed by atoms with Crippen molar-refractivity contribution in [2.45, 2.75) is 18.6 Å². The molecule has 1 aliphatic heterocycles. The first kappa shape index (κ1) is 12.3. The molecule has 0 bridgehead atoms. The van der Waals surface area contributed by atoms with Crippen LogP contribution in [0.25, 0.3) is 0 Å². The highest BCUT2D eigenvalue weighted by Gasteiger charge is 2.23. The molecule has 1 unspecified atom stereocenters. The summed E-state index contributed by atoms with van der Waals surface area (Å²) in [4.78, 5) is 0. The summed E-state index contributed by atoms with van der Waals surface area (Å²) in [5.41, 5.74) is 0.862. The highest BCUT2D eigenvalue weighted by molar-refractivity contribution is 5.37. The first-order valence-corrected chi connectivity index (χ1v) is 5.63. The summed E-state index contributed by atoms with van der Waals surface area (Å²) in [7, 11) is 0. The molecular formula is C12H16FNO3. The molecule has 3 N–H and O–H groups in total. The normalized spacial score (nSPS) is 18.2. The molecule has 0 saturated carbocycles. The van der Waals surface area contributed by atoms with Crippen LogP contribution >= 0.6 is 0 Å². The maximum Gasteiger partial charge on any atom is 0.123 e. The topological polar surface area (TPSA) is 61.7 Å². The van der Waals surface area contributed by atoms with E-state index in [1.807, 2.05) is 0 Å². The minimum Gasteiger partial charge on any atom is -0.488 e. The predicted molar refractivity (Wildman–Crippen MR) is 60.5 cm³/mol. The number of rotatable bonds is 5. The van der Waals surface area contributed by atoms with Gasteiger partial charge in [-0.3, -0.25) is 0 Å². The summed E-state index contributed by atoms with van der Waals surface area (Å²) in [6.45, 7) is 0.275. The van der Waals surface area contributed by atoms with Crippen LogP contribution in [0.4, 0.5) is 4.39 Å². The first-order valence-electron chi connectivity index (χ1n) is 5.63. The van der Waals surface area contributed by atoms with E-state index in [4.69, 9.17) is 14.9 Å². The minimum absolute atomic E-state index is 0.0765. The molecule has 0 aliphatic carbocycles. The number of hydrogen-bond donors (Lipinski definition) is 3. The molecule has 0 aromatic heterocycles. The molecular weight excluding hydrogens is 225 g/mol. The zero-order valence-electron chi connectivity index (χ0n) is 9.40. The SMILES string of the molecule is OCC(CO)NCC1Cc2cc(F)ccc2O1. The van der Waals surface area contributed by atoms with E-state index in [2.05, 4.69) is 5.32 Å². The minimum atomic E-state index is -0.334. The van der Waals surface area contributed by atoms with Crippen molar-refractivity contribution in [1.82, 2.24) is 5.32 Å². The lowest BCUT2D eigenvalue weighted by Gasteiger charge is -2.16. The third-order valence-electron chi connectivity index (χ3n) is 2.84. The third-order valence-corrected chi connectivity index (χ3v) is 2.84. The average molecular weight is 241 g/mol. The molecule has 0 spiro atoms. The van der Waals surface area contributed by atoms with Crippen molar-refractivity contribution in [3.63, 3.8) is 0 Å². The van der Waals surface area contributed by atoms with E-state index in [0.29, 0.717) is 18.7 Å². The molecule has 5 heteroatoms. The van der Waals surface area contributed by atoms with Gasteiger partial charge in [0.2, 0.25) is 0 Å². The summed E-state index contributed by atoms with van der Waals surface area (Å²) < 4.78 is 18.6. The summed E-state index contributed by atoms with van der Waals surface area (Å²) >= 11 is 0. The van der Waals surface area contributed by atoms with Gasteiger partial charge in [-0.2, -0.15) is 0 Å². The van der Waals surface area contributed by atoms with Gasteiger partial charge in [0.05, 0.1) is 19.3 Å². The quantitative estimate of drug-likeness (QED) is 0.683. The Morgan fingerprint density at radius 1 is 1.41 bits per heavy atom. The molecule has 0 amide bonds. The molecule has 94 valence electrons. The van der Waals surface area contributed by atoms with Gasteiger partial charge in [-0.1, -0.05) is 0 Å². The van der Waals surface area contributed by atoms with Gasteiger partial charge in [-0.15, -0.1) is 0 Å². The molecule has 1 aromatic carbocycles. The summed E-state index contributed by atoms with van der Waals surface area (Å²) in [6, 6.07) is 4.14. The second kappa shape index (κ2) is 5.44. The predicted octanol–water partition coefficient (Wildman–Crippen LogP) is 0.0720. The lowest BCUT2D eigenvalue weighted by atomic mass is 10.1. The fourth-order valence-electron chi connectivity index (χ4n) is 1.89. The first-order chi connectivity index (χ1) is 8.22. The van der Waals surface area contributed by atoms with Gasteiger partial charge < -0.3 is 20.3 Å². The molecule has 2 rings (SSSR count). The van der Waals surface area contributed by atoms with Gasteiger partial charge in [0.15, 0.2) is 0 Å². The van der Waals surface area contributed by atoms with Crippen molar-refractivity contribution in [2.75, 3.05) is 19.8 Å². The van der Waals surface area contributed by atoms with Crippen LogP contribution in [-0.2, 0) is 6.42 Å². The highest BCUT2D eigenvalue weighted by Crippen LogP contribution is 2.28. The number of aliphatic hydroxyl groups excluding tert-OH is 2. The van der Waals surface area contributed by atoms with E-state index in [9.17, 15) is 4.39 Å². The van der Waals surface area contributed by atoms with Gasteiger partial charge in [-0.05, 0) is 18.2 Å². The molecule has 1 aromatic rings. The second-order valence-corrected chi connectivity index (χ2v) is 4.17. The molecule has 1 atom stereocenters. The lowest BCUT2D eigenvalue weighted by molar-refractivity contribution is 0.153. The van der Waals surface area contributed by atoms with Gasteiger partial charge in [0.1, 0.15) is 17.7 Å². The molecule has 17 heavy (non-hydrogen) atoms. The van der Waals surface area contributed by atoms with Crippen LogP contribution < -0.4 is 10.1 Å². The zero-order chi connectivity index (χ0) is 12.3. The van der Waals surface area contributed by atoms with Crippen LogP contribution in [0.1, 0.15) is 5.56 Å². The smallest absolute Gasteiger partial charge is 0.123 e. The fraction of sp³-hybridized carbons (Fsp3) is 0.500. The number of aliphatic hydroxyl groups is 2.